The molecule has 1 heterocycles. The van der Waals surface area contributed by atoms with E-state index in [0.29, 0.717) is 24.3 Å². The van der Waals surface area contributed by atoms with Gasteiger partial charge in [0.2, 0.25) is 6.43 Å². The van der Waals surface area contributed by atoms with Gasteiger partial charge in [0.15, 0.2) is 17.7 Å². The Labute approximate surface area is 245 Å². The van der Waals surface area contributed by atoms with Gasteiger partial charge in [-0.2, -0.15) is 0 Å². The number of rotatable bonds is 17. The highest BCUT2D eigenvalue weighted by Crippen LogP contribution is 2.27. The first-order valence-corrected chi connectivity index (χ1v) is 14.3. The summed E-state index contributed by atoms with van der Waals surface area (Å²) in [6, 6.07) is 12.6. The molecule has 3 aromatic rings. The Hall–Kier alpha value is -3.76. The molecule has 0 saturated heterocycles. The van der Waals surface area contributed by atoms with Crippen LogP contribution < -0.4 is 9.47 Å². The first-order chi connectivity index (χ1) is 20.3. The van der Waals surface area contributed by atoms with Crippen molar-refractivity contribution in [3.05, 3.63) is 72.1 Å². The van der Waals surface area contributed by atoms with E-state index in [1.54, 1.807) is 31.2 Å². The summed E-state index contributed by atoms with van der Waals surface area (Å²) in [5.41, 5.74) is 1.00. The van der Waals surface area contributed by atoms with Crippen molar-refractivity contribution in [2.75, 3.05) is 19.8 Å². The van der Waals surface area contributed by atoms with Gasteiger partial charge in [0.1, 0.15) is 5.75 Å². The van der Waals surface area contributed by atoms with Crippen molar-refractivity contribution in [1.82, 2.24) is 9.97 Å². The summed E-state index contributed by atoms with van der Waals surface area (Å²) in [6.45, 7) is 6.45. The maximum Gasteiger partial charge on any atom is 0.344 e. The molecule has 0 unspecified atom stereocenters. The molecule has 1 aromatic heterocycles. The van der Waals surface area contributed by atoms with E-state index in [2.05, 4.69) is 16.9 Å². The average Bonchev–Trinajstić information content (AvgIpc) is 3.00. The van der Waals surface area contributed by atoms with Gasteiger partial charge in [-0.05, 0) is 43.5 Å². The molecule has 0 fully saturated rings. The summed E-state index contributed by atoms with van der Waals surface area (Å²) in [5.74, 6) is -1.72. The third-order valence-corrected chi connectivity index (χ3v) is 6.40. The van der Waals surface area contributed by atoms with E-state index in [1.165, 1.54) is 36.7 Å². The van der Waals surface area contributed by atoms with Crippen LogP contribution in [0.25, 0.3) is 11.4 Å². The number of hydrogen-bond donors (Lipinski definition) is 0. The standard InChI is InChI=1S/C32H38F2N2O6/c1-4-6-7-10-18-40-22(3)31(37)42-25-19-35-30(36-20-25)26-11-8-9-12-27(26)32(38)41-24-15-13-23(14-16-24)28(29(33)34)21-39-17-5-2/h8-9,11-16,19-20,22,28-29H,4-7,10,17-18,21H2,1-3H3/t22-,28-/m0/s1. The van der Waals surface area contributed by atoms with Crippen LogP contribution in [0, 0.1) is 0 Å². The molecule has 0 spiro atoms. The van der Waals surface area contributed by atoms with E-state index >= 15 is 0 Å². The topological polar surface area (TPSA) is 96.8 Å². The number of aromatic nitrogens is 2. The molecule has 2 aromatic carbocycles. The van der Waals surface area contributed by atoms with Gasteiger partial charge in [-0.1, -0.05) is 63.4 Å². The van der Waals surface area contributed by atoms with Gasteiger partial charge in [0.25, 0.3) is 0 Å². The Morgan fingerprint density at radius 3 is 2.21 bits per heavy atom. The summed E-state index contributed by atoms with van der Waals surface area (Å²) >= 11 is 0. The lowest BCUT2D eigenvalue weighted by atomic mass is 10.0. The number of esters is 2. The van der Waals surface area contributed by atoms with Crippen LogP contribution in [0.3, 0.4) is 0 Å². The number of unbranched alkanes of at least 4 members (excludes halogenated alkanes) is 3. The first kappa shape index (κ1) is 32.8. The smallest absolute Gasteiger partial charge is 0.344 e. The lowest BCUT2D eigenvalue weighted by Crippen LogP contribution is -2.26. The number of benzene rings is 2. The normalized spacial score (nSPS) is 12.6. The van der Waals surface area contributed by atoms with Crippen molar-refractivity contribution in [1.29, 1.82) is 0 Å². The summed E-state index contributed by atoms with van der Waals surface area (Å²) in [4.78, 5) is 33.9. The van der Waals surface area contributed by atoms with Crippen molar-refractivity contribution >= 4 is 11.9 Å². The first-order valence-electron chi connectivity index (χ1n) is 14.3. The van der Waals surface area contributed by atoms with Gasteiger partial charge in [0, 0.05) is 18.8 Å². The number of carbonyl (C=O) groups is 2. The molecule has 3 rings (SSSR count). The highest BCUT2D eigenvalue weighted by Gasteiger charge is 2.23. The Bertz CT molecular complexity index is 1250. The van der Waals surface area contributed by atoms with E-state index in [-0.39, 0.29) is 29.5 Å². The van der Waals surface area contributed by atoms with Crippen LogP contribution in [0.15, 0.2) is 60.9 Å². The number of hydrogen-bond acceptors (Lipinski definition) is 8. The van der Waals surface area contributed by atoms with Gasteiger partial charge >= 0.3 is 11.9 Å². The zero-order valence-electron chi connectivity index (χ0n) is 24.3. The minimum absolute atomic E-state index is 0.0953. The van der Waals surface area contributed by atoms with E-state index < -0.39 is 30.4 Å². The summed E-state index contributed by atoms with van der Waals surface area (Å²) < 4.78 is 48.8. The number of ether oxygens (including phenoxy) is 4. The van der Waals surface area contributed by atoms with Gasteiger partial charge < -0.3 is 18.9 Å². The van der Waals surface area contributed by atoms with E-state index in [4.69, 9.17) is 18.9 Å². The highest BCUT2D eigenvalue weighted by molar-refractivity contribution is 5.97. The molecule has 0 saturated carbocycles. The summed E-state index contributed by atoms with van der Waals surface area (Å²) in [7, 11) is 0. The van der Waals surface area contributed by atoms with Gasteiger partial charge in [-0.15, -0.1) is 0 Å². The van der Waals surface area contributed by atoms with E-state index in [1.807, 2.05) is 6.92 Å². The zero-order chi connectivity index (χ0) is 30.3. The van der Waals surface area contributed by atoms with Crippen LogP contribution in [0.5, 0.6) is 11.5 Å². The molecule has 2 atom stereocenters. The fourth-order valence-corrected chi connectivity index (χ4v) is 4.03. The number of carbonyl (C=O) groups excluding carboxylic acids is 2. The zero-order valence-corrected chi connectivity index (χ0v) is 24.3. The molecule has 0 aliphatic rings. The molecule has 226 valence electrons. The molecular formula is C32H38F2N2O6. The van der Waals surface area contributed by atoms with E-state index in [0.717, 1.165) is 32.1 Å². The lowest BCUT2D eigenvalue weighted by Gasteiger charge is -2.17. The molecule has 8 nitrogen and oxygen atoms in total. The molecule has 0 aliphatic heterocycles. The Morgan fingerprint density at radius 2 is 1.55 bits per heavy atom. The lowest BCUT2D eigenvalue weighted by molar-refractivity contribution is -0.146. The molecule has 10 heteroatoms. The predicted octanol–water partition coefficient (Wildman–Crippen LogP) is 7.03. The molecule has 0 aliphatic carbocycles. The second kappa shape index (κ2) is 17.3. The summed E-state index contributed by atoms with van der Waals surface area (Å²) in [6.07, 6.45) is 4.28. The maximum atomic E-state index is 13.5. The van der Waals surface area contributed by atoms with Crippen LogP contribution in [-0.4, -0.2) is 54.3 Å². The quantitative estimate of drug-likeness (QED) is 0.0948. The van der Waals surface area contributed by atoms with Crippen molar-refractivity contribution in [3.63, 3.8) is 0 Å². The molecule has 0 radical (unpaired) electrons. The van der Waals surface area contributed by atoms with Gasteiger partial charge in [-0.3, -0.25) is 0 Å². The largest absolute Gasteiger partial charge is 0.423 e. The minimum Gasteiger partial charge on any atom is -0.423 e. The Kier molecular flexibility index (Phi) is 13.5. The fourth-order valence-electron chi connectivity index (χ4n) is 4.03. The van der Waals surface area contributed by atoms with E-state index in [9.17, 15) is 18.4 Å². The summed E-state index contributed by atoms with van der Waals surface area (Å²) in [5, 5.41) is 0. The third kappa shape index (κ3) is 9.95. The number of nitrogens with zero attached hydrogens (tertiary/aromatic N) is 2. The molecule has 42 heavy (non-hydrogen) atoms. The molecule has 0 bridgehead atoms. The highest BCUT2D eigenvalue weighted by atomic mass is 19.3. The van der Waals surface area contributed by atoms with Crippen molar-refractivity contribution in [3.8, 4) is 22.9 Å². The Morgan fingerprint density at radius 1 is 0.833 bits per heavy atom. The molecule has 0 amide bonds. The minimum atomic E-state index is -2.59. The Balaban J connectivity index is 1.63. The van der Waals surface area contributed by atoms with Crippen molar-refractivity contribution < 1.29 is 37.3 Å². The van der Waals surface area contributed by atoms with Gasteiger partial charge in [0.05, 0.1) is 30.5 Å². The molecule has 0 N–H and O–H groups in total. The van der Waals surface area contributed by atoms with Crippen molar-refractivity contribution in [2.24, 2.45) is 0 Å². The van der Waals surface area contributed by atoms with Crippen LogP contribution in [0.2, 0.25) is 0 Å². The van der Waals surface area contributed by atoms with Crippen LogP contribution in [0.1, 0.15) is 74.7 Å². The van der Waals surface area contributed by atoms with Crippen LogP contribution in [-0.2, 0) is 14.3 Å². The van der Waals surface area contributed by atoms with Gasteiger partial charge in [-0.25, -0.2) is 28.3 Å². The molecular weight excluding hydrogens is 546 g/mol. The monoisotopic (exact) mass is 584 g/mol. The SMILES string of the molecule is CCCCCCO[C@@H](C)C(=O)Oc1cnc(-c2ccccc2C(=O)Oc2ccc([C@H](COCCC)C(F)F)cc2)nc1. The second-order valence-electron chi connectivity index (χ2n) is 9.76. The second-order valence-corrected chi connectivity index (χ2v) is 9.76. The number of alkyl halides is 2. The average molecular weight is 585 g/mol. The maximum absolute atomic E-state index is 13.5. The third-order valence-electron chi connectivity index (χ3n) is 6.40. The van der Waals surface area contributed by atoms with Crippen LogP contribution in [0.4, 0.5) is 8.78 Å². The van der Waals surface area contributed by atoms with Crippen LogP contribution >= 0.6 is 0 Å². The number of halogens is 2. The fraction of sp³-hybridized carbons (Fsp3) is 0.438. The predicted molar refractivity (Wildman–Crippen MR) is 154 cm³/mol. The van der Waals surface area contributed by atoms with Crippen molar-refractivity contribution in [2.45, 2.75) is 71.3 Å².